The van der Waals surface area contributed by atoms with Crippen LogP contribution in [0.3, 0.4) is 0 Å². The van der Waals surface area contributed by atoms with Gasteiger partial charge < -0.3 is 4.74 Å². The molecule has 0 fully saturated rings. The molecule has 0 saturated heterocycles. The summed E-state index contributed by atoms with van der Waals surface area (Å²) in [5.74, 6) is 0.295. The molecule has 0 aromatic heterocycles. The molecule has 0 unspecified atom stereocenters. The maximum absolute atomic E-state index is 11.7. The minimum Gasteiger partial charge on any atom is -0.462 e. The molecule has 0 saturated carbocycles. The molecule has 94 valence electrons. The molecule has 0 radical (unpaired) electrons. The number of carbonyl (C=O) groups excluding carboxylic acids is 1. The van der Waals surface area contributed by atoms with E-state index in [1.165, 1.54) is 12.8 Å². The molecule has 0 spiro atoms. The maximum atomic E-state index is 11.7. The Hall–Kier alpha value is -1.31. The third kappa shape index (κ3) is 5.03. The molecule has 1 aromatic rings. The van der Waals surface area contributed by atoms with Crippen molar-refractivity contribution < 1.29 is 9.53 Å². The fraction of sp³-hybridized carbons (Fsp3) is 0.533. The lowest BCUT2D eigenvalue weighted by molar-refractivity contribution is 0.0428. The van der Waals surface area contributed by atoms with Crippen LogP contribution in [-0.2, 0) is 4.74 Å². The highest BCUT2D eigenvalue weighted by Crippen LogP contribution is 2.13. The van der Waals surface area contributed by atoms with Crippen LogP contribution >= 0.6 is 0 Å². The van der Waals surface area contributed by atoms with E-state index < -0.39 is 0 Å². The second kappa shape index (κ2) is 7.88. The van der Waals surface area contributed by atoms with Crippen LogP contribution in [0.2, 0.25) is 0 Å². The smallest absolute Gasteiger partial charge is 0.338 e. The summed E-state index contributed by atoms with van der Waals surface area (Å²) in [6, 6.07) is 9.17. The molecule has 17 heavy (non-hydrogen) atoms. The van der Waals surface area contributed by atoms with E-state index in [0.717, 1.165) is 12.8 Å². The highest BCUT2D eigenvalue weighted by molar-refractivity contribution is 5.89. The molecular weight excluding hydrogens is 212 g/mol. The lowest BCUT2D eigenvalue weighted by Crippen LogP contribution is -2.13. The van der Waals surface area contributed by atoms with Gasteiger partial charge in [0.25, 0.3) is 0 Å². The Kier molecular flexibility index (Phi) is 6.38. The van der Waals surface area contributed by atoms with E-state index in [2.05, 4.69) is 13.8 Å². The van der Waals surface area contributed by atoms with E-state index in [1.807, 2.05) is 18.2 Å². The van der Waals surface area contributed by atoms with Crippen LogP contribution < -0.4 is 0 Å². The summed E-state index contributed by atoms with van der Waals surface area (Å²) in [7, 11) is 0. The van der Waals surface area contributed by atoms with E-state index in [4.69, 9.17) is 4.74 Å². The van der Waals surface area contributed by atoms with Gasteiger partial charge in [0.1, 0.15) is 0 Å². The Bertz CT molecular complexity index is 319. The van der Waals surface area contributed by atoms with Gasteiger partial charge in [0.2, 0.25) is 0 Å². The van der Waals surface area contributed by atoms with Gasteiger partial charge in [-0.1, -0.05) is 51.3 Å². The number of benzene rings is 1. The van der Waals surface area contributed by atoms with E-state index in [9.17, 15) is 4.79 Å². The van der Waals surface area contributed by atoms with E-state index in [0.29, 0.717) is 18.1 Å². The van der Waals surface area contributed by atoms with Gasteiger partial charge in [-0.15, -0.1) is 0 Å². The summed E-state index contributed by atoms with van der Waals surface area (Å²) >= 11 is 0. The first-order valence-electron chi connectivity index (χ1n) is 6.50. The van der Waals surface area contributed by atoms with E-state index >= 15 is 0 Å². The fourth-order valence-corrected chi connectivity index (χ4v) is 1.75. The van der Waals surface area contributed by atoms with Gasteiger partial charge in [-0.05, 0) is 24.5 Å². The van der Waals surface area contributed by atoms with Gasteiger partial charge in [0.05, 0.1) is 12.2 Å². The Morgan fingerprint density at radius 2 is 1.94 bits per heavy atom. The Labute approximate surface area is 104 Å². The minimum atomic E-state index is -0.208. The second-order valence-corrected chi connectivity index (χ2v) is 4.38. The van der Waals surface area contributed by atoms with Crippen LogP contribution in [-0.4, -0.2) is 12.6 Å². The quantitative estimate of drug-likeness (QED) is 0.665. The van der Waals surface area contributed by atoms with Crippen molar-refractivity contribution in [3.8, 4) is 0 Å². The summed E-state index contributed by atoms with van der Waals surface area (Å²) in [5, 5.41) is 0. The van der Waals surface area contributed by atoms with Crippen LogP contribution in [0, 0.1) is 5.92 Å². The van der Waals surface area contributed by atoms with E-state index in [-0.39, 0.29) is 5.97 Å². The highest BCUT2D eigenvalue weighted by Gasteiger charge is 2.11. The normalized spacial score (nSPS) is 12.1. The van der Waals surface area contributed by atoms with Crippen molar-refractivity contribution in [3.63, 3.8) is 0 Å². The van der Waals surface area contributed by atoms with Crippen molar-refractivity contribution >= 4 is 5.97 Å². The standard InChI is InChI=1S/C15H22O2/c1-3-5-9-13(4-2)12-17-15(16)14-10-7-6-8-11-14/h6-8,10-11,13H,3-5,9,12H2,1-2H3/t13-/m1/s1. The second-order valence-electron chi connectivity index (χ2n) is 4.38. The SMILES string of the molecule is CCCC[C@@H](CC)COC(=O)c1ccccc1. The number of hydrogen-bond acceptors (Lipinski definition) is 2. The van der Waals surface area contributed by atoms with Crippen molar-refractivity contribution in [2.45, 2.75) is 39.5 Å². The molecule has 0 heterocycles. The Balaban J connectivity index is 2.36. The van der Waals surface area contributed by atoms with Crippen molar-refractivity contribution in [1.82, 2.24) is 0 Å². The summed E-state index contributed by atoms with van der Waals surface area (Å²) in [6.45, 7) is 4.88. The number of carbonyl (C=O) groups is 1. The monoisotopic (exact) mass is 234 g/mol. The van der Waals surface area contributed by atoms with Crippen LogP contribution in [0.1, 0.15) is 49.9 Å². The van der Waals surface area contributed by atoms with Gasteiger partial charge >= 0.3 is 5.97 Å². The summed E-state index contributed by atoms with van der Waals surface area (Å²) in [5.41, 5.74) is 0.637. The van der Waals surface area contributed by atoms with Gasteiger partial charge in [0, 0.05) is 0 Å². The van der Waals surface area contributed by atoms with Crippen molar-refractivity contribution in [3.05, 3.63) is 35.9 Å². The van der Waals surface area contributed by atoms with Crippen molar-refractivity contribution in [1.29, 1.82) is 0 Å². The van der Waals surface area contributed by atoms with Crippen molar-refractivity contribution in [2.24, 2.45) is 5.92 Å². The lowest BCUT2D eigenvalue weighted by Gasteiger charge is -2.14. The van der Waals surface area contributed by atoms with Gasteiger partial charge in [-0.3, -0.25) is 0 Å². The molecule has 0 aliphatic rings. The molecule has 1 rings (SSSR count). The summed E-state index contributed by atoms with van der Waals surface area (Å²) in [4.78, 5) is 11.7. The fourth-order valence-electron chi connectivity index (χ4n) is 1.75. The molecule has 0 amide bonds. The first-order chi connectivity index (χ1) is 8.27. The van der Waals surface area contributed by atoms with Gasteiger partial charge in [-0.25, -0.2) is 4.79 Å². The predicted octanol–water partition coefficient (Wildman–Crippen LogP) is 4.06. The third-order valence-electron chi connectivity index (χ3n) is 3.00. The summed E-state index contributed by atoms with van der Waals surface area (Å²) in [6.07, 6.45) is 4.63. The first-order valence-corrected chi connectivity index (χ1v) is 6.50. The third-order valence-corrected chi connectivity index (χ3v) is 3.00. The zero-order valence-electron chi connectivity index (χ0n) is 10.8. The topological polar surface area (TPSA) is 26.3 Å². The summed E-state index contributed by atoms with van der Waals surface area (Å²) < 4.78 is 5.34. The Morgan fingerprint density at radius 3 is 2.53 bits per heavy atom. The van der Waals surface area contributed by atoms with Crippen LogP contribution in [0.25, 0.3) is 0 Å². The Morgan fingerprint density at radius 1 is 1.24 bits per heavy atom. The number of unbranched alkanes of at least 4 members (excludes halogenated alkanes) is 1. The first kappa shape index (κ1) is 13.8. The number of esters is 1. The predicted molar refractivity (Wildman–Crippen MR) is 70.0 cm³/mol. The molecule has 2 heteroatoms. The molecule has 1 atom stereocenters. The lowest BCUT2D eigenvalue weighted by atomic mass is 10.0. The van der Waals surface area contributed by atoms with Gasteiger partial charge in [0.15, 0.2) is 0 Å². The zero-order chi connectivity index (χ0) is 12.5. The van der Waals surface area contributed by atoms with E-state index in [1.54, 1.807) is 12.1 Å². The molecular formula is C15H22O2. The number of hydrogen-bond donors (Lipinski definition) is 0. The zero-order valence-corrected chi connectivity index (χ0v) is 10.8. The van der Waals surface area contributed by atoms with Crippen LogP contribution in [0.4, 0.5) is 0 Å². The average Bonchev–Trinajstić information content (AvgIpc) is 2.39. The molecule has 0 bridgehead atoms. The molecule has 0 N–H and O–H groups in total. The highest BCUT2D eigenvalue weighted by atomic mass is 16.5. The van der Waals surface area contributed by atoms with Gasteiger partial charge in [-0.2, -0.15) is 0 Å². The van der Waals surface area contributed by atoms with Crippen molar-refractivity contribution in [2.75, 3.05) is 6.61 Å². The maximum Gasteiger partial charge on any atom is 0.338 e. The van der Waals surface area contributed by atoms with Crippen LogP contribution in [0.15, 0.2) is 30.3 Å². The molecule has 1 aromatic carbocycles. The minimum absolute atomic E-state index is 0.208. The number of rotatable bonds is 7. The van der Waals surface area contributed by atoms with Crippen LogP contribution in [0.5, 0.6) is 0 Å². The molecule has 0 aliphatic carbocycles. The largest absolute Gasteiger partial charge is 0.462 e. The molecule has 2 nitrogen and oxygen atoms in total. The number of ether oxygens (including phenoxy) is 1. The molecule has 0 aliphatic heterocycles. The average molecular weight is 234 g/mol.